The maximum absolute atomic E-state index is 10.7. The van der Waals surface area contributed by atoms with Gasteiger partial charge in [0, 0.05) is 5.82 Å². The second-order valence-corrected chi connectivity index (χ2v) is 5.47. The molecule has 0 bridgehead atoms. The van der Waals surface area contributed by atoms with E-state index in [1.165, 1.54) is 0 Å². The molecule has 1 saturated carbocycles. The van der Waals surface area contributed by atoms with E-state index in [1.54, 1.807) is 0 Å². The number of carboxylic acid groups (broad SMARTS) is 1. The Balaban J connectivity index is 2.03. The van der Waals surface area contributed by atoms with Crippen LogP contribution in [0.5, 0.6) is 0 Å². The van der Waals surface area contributed by atoms with Crippen LogP contribution in [0.4, 0.5) is 0 Å². The lowest BCUT2D eigenvalue weighted by molar-refractivity contribution is -0.138. The molecule has 2 fully saturated rings. The van der Waals surface area contributed by atoms with Gasteiger partial charge in [-0.1, -0.05) is 0 Å². The highest BCUT2D eigenvalue weighted by Gasteiger charge is 2.61. The van der Waals surface area contributed by atoms with Crippen molar-refractivity contribution < 1.29 is 19.2 Å². The summed E-state index contributed by atoms with van der Waals surface area (Å²) in [5.41, 5.74) is -0.716. The lowest BCUT2D eigenvalue weighted by atomic mass is 9.80. The average Bonchev–Trinajstić information content (AvgIpc) is 2.75. The molecule has 5 heteroatoms. The van der Waals surface area contributed by atoms with Gasteiger partial charge in [-0.15, -0.1) is 0 Å². The lowest BCUT2D eigenvalue weighted by Gasteiger charge is -2.32. The van der Waals surface area contributed by atoms with E-state index in [0.717, 1.165) is 0 Å². The van der Waals surface area contributed by atoms with Crippen LogP contribution in [0.15, 0.2) is 0 Å². The maximum atomic E-state index is 10.7. The van der Waals surface area contributed by atoms with Crippen LogP contribution in [0.2, 0.25) is 5.82 Å². The van der Waals surface area contributed by atoms with Crippen molar-refractivity contribution >= 4 is 13.1 Å². The topological polar surface area (TPSA) is 55.8 Å². The summed E-state index contributed by atoms with van der Waals surface area (Å²) in [7, 11) is -0.351. The molecule has 2 atom stereocenters. The summed E-state index contributed by atoms with van der Waals surface area (Å²) in [5.74, 6) is -0.988. The Hall–Kier alpha value is -0.545. The van der Waals surface area contributed by atoms with E-state index in [4.69, 9.17) is 14.4 Å². The molecular weight excluding hydrogens is 195 g/mol. The summed E-state index contributed by atoms with van der Waals surface area (Å²) in [4.78, 5) is 10.7. The summed E-state index contributed by atoms with van der Waals surface area (Å²) >= 11 is 0. The van der Waals surface area contributed by atoms with E-state index in [-0.39, 0.29) is 30.1 Å². The molecule has 84 valence electrons. The second-order valence-electron chi connectivity index (χ2n) is 5.47. The second kappa shape index (κ2) is 2.98. The van der Waals surface area contributed by atoms with Gasteiger partial charge in [0.05, 0.1) is 17.1 Å². The molecule has 2 aliphatic rings. The monoisotopic (exact) mass is 212 g/mol. The number of hydrogen-bond donors (Lipinski definition) is 1. The molecule has 0 aromatic heterocycles. The van der Waals surface area contributed by atoms with Crippen molar-refractivity contribution in [2.45, 2.75) is 51.1 Å². The molecule has 0 spiro atoms. The highest BCUT2D eigenvalue weighted by molar-refractivity contribution is 6.49. The van der Waals surface area contributed by atoms with E-state index >= 15 is 0 Å². The van der Waals surface area contributed by atoms with Crippen LogP contribution in [0.1, 0.15) is 34.1 Å². The van der Waals surface area contributed by atoms with E-state index in [2.05, 4.69) is 0 Å². The summed E-state index contributed by atoms with van der Waals surface area (Å²) in [6.45, 7) is 7.91. The molecule has 0 unspecified atom stereocenters. The first kappa shape index (κ1) is 11.0. The van der Waals surface area contributed by atoms with Crippen molar-refractivity contribution in [1.29, 1.82) is 0 Å². The van der Waals surface area contributed by atoms with Crippen molar-refractivity contribution in [3.8, 4) is 0 Å². The molecule has 1 aliphatic heterocycles. The maximum Gasteiger partial charge on any atom is 0.462 e. The van der Waals surface area contributed by atoms with Gasteiger partial charge in [0.1, 0.15) is 0 Å². The molecule has 15 heavy (non-hydrogen) atoms. The summed E-state index contributed by atoms with van der Waals surface area (Å²) in [6, 6.07) is 0. The first-order valence-electron chi connectivity index (χ1n) is 5.33. The largest absolute Gasteiger partial charge is 0.481 e. The van der Waals surface area contributed by atoms with Gasteiger partial charge >= 0.3 is 13.1 Å². The van der Waals surface area contributed by atoms with E-state index in [0.29, 0.717) is 6.42 Å². The van der Waals surface area contributed by atoms with Crippen molar-refractivity contribution in [2.24, 2.45) is 5.92 Å². The molecule has 1 N–H and O–H groups in total. The Morgan fingerprint density at radius 1 is 1.27 bits per heavy atom. The van der Waals surface area contributed by atoms with Gasteiger partial charge in [0.2, 0.25) is 0 Å². The Morgan fingerprint density at radius 2 is 1.73 bits per heavy atom. The van der Waals surface area contributed by atoms with Gasteiger partial charge in [-0.3, -0.25) is 4.79 Å². The van der Waals surface area contributed by atoms with Crippen LogP contribution >= 0.6 is 0 Å². The third-order valence-corrected chi connectivity index (χ3v) is 3.78. The fourth-order valence-electron chi connectivity index (χ4n) is 1.86. The SMILES string of the molecule is CC1(C)OB([C@H]2C[C@@H]2C(=O)O)OC1(C)C. The summed E-state index contributed by atoms with van der Waals surface area (Å²) in [6.07, 6.45) is 0.673. The van der Waals surface area contributed by atoms with Gasteiger partial charge in [0.25, 0.3) is 0 Å². The molecule has 4 nitrogen and oxygen atoms in total. The number of carbonyl (C=O) groups is 1. The van der Waals surface area contributed by atoms with Crippen molar-refractivity contribution in [3.05, 3.63) is 0 Å². The zero-order valence-corrected chi connectivity index (χ0v) is 9.61. The lowest BCUT2D eigenvalue weighted by Crippen LogP contribution is -2.41. The van der Waals surface area contributed by atoms with Crippen molar-refractivity contribution in [2.75, 3.05) is 0 Å². The minimum absolute atomic E-state index is 0.0311. The first-order valence-corrected chi connectivity index (χ1v) is 5.33. The van der Waals surface area contributed by atoms with Gasteiger partial charge in [-0.05, 0) is 34.1 Å². The highest BCUT2D eigenvalue weighted by Crippen LogP contribution is 2.53. The zero-order chi connectivity index (χ0) is 11.4. The normalized spacial score (nSPS) is 36.7. The van der Waals surface area contributed by atoms with Gasteiger partial charge in [-0.25, -0.2) is 0 Å². The van der Waals surface area contributed by atoms with Crippen LogP contribution in [0, 0.1) is 5.92 Å². The summed E-state index contributed by atoms with van der Waals surface area (Å²) in [5, 5.41) is 8.83. The molecule has 0 amide bonds. The number of carboxylic acids is 1. The zero-order valence-electron chi connectivity index (χ0n) is 9.61. The third-order valence-electron chi connectivity index (χ3n) is 3.78. The molecule has 1 heterocycles. The first-order chi connectivity index (χ1) is 6.74. The Labute approximate surface area is 90.1 Å². The molecule has 0 aromatic carbocycles. The quantitative estimate of drug-likeness (QED) is 0.705. The standard InChI is InChI=1S/C10H17BO4/c1-9(2)10(3,4)15-11(14-9)7-5-6(7)8(12)13/h6-7H,5H2,1-4H3,(H,12,13)/t6-,7-/m0/s1. The minimum atomic E-state index is -0.741. The van der Waals surface area contributed by atoms with Gasteiger partial charge < -0.3 is 14.4 Å². The molecule has 0 radical (unpaired) electrons. The highest BCUT2D eigenvalue weighted by atomic mass is 16.7. The van der Waals surface area contributed by atoms with Gasteiger partial charge in [0.15, 0.2) is 0 Å². The predicted octanol–water partition coefficient (Wildman–Crippen LogP) is 1.55. The fraction of sp³-hybridized carbons (Fsp3) is 0.900. The van der Waals surface area contributed by atoms with E-state index in [9.17, 15) is 4.79 Å². The summed E-state index contributed by atoms with van der Waals surface area (Å²) < 4.78 is 11.6. The molecule has 0 aromatic rings. The van der Waals surface area contributed by atoms with E-state index < -0.39 is 5.97 Å². The van der Waals surface area contributed by atoms with Crippen LogP contribution in [-0.2, 0) is 14.1 Å². The Morgan fingerprint density at radius 3 is 2.07 bits per heavy atom. The Bertz CT molecular complexity index is 284. The van der Waals surface area contributed by atoms with Crippen LogP contribution < -0.4 is 0 Å². The molecule has 1 aliphatic carbocycles. The molecule has 1 saturated heterocycles. The van der Waals surface area contributed by atoms with Crippen LogP contribution in [0.25, 0.3) is 0 Å². The van der Waals surface area contributed by atoms with E-state index in [1.807, 2.05) is 27.7 Å². The fourth-order valence-corrected chi connectivity index (χ4v) is 1.86. The Kier molecular flexibility index (Phi) is 2.18. The van der Waals surface area contributed by atoms with Gasteiger partial charge in [-0.2, -0.15) is 0 Å². The molecule has 2 rings (SSSR count). The smallest absolute Gasteiger partial charge is 0.462 e. The van der Waals surface area contributed by atoms with Crippen LogP contribution in [-0.4, -0.2) is 29.4 Å². The van der Waals surface area contributed by atoms with Crippen molar-refractivity contribution in [3.63, 3.8) is 0 Å². The number of hydrogen-bond acceptors (Lipinski definition) is 3. The number of aliphatic carboxylic acids is 1. The number of rotatable bonds is 2. The van der Waals surface area contributed by atoms with Crippen LogP contribution in [0.3, 0.4) is 0 Å². The van der Waals surface area contributed by atoms with Crippen molar-refractivity contribution in [1.82, 2.24) is 0 Å². The predicted molar refractivity (Wildman–Crippen MR) is 55.6 cm³/mol. The third kappa shape index (κ3) is 1.68. The average molecular weight is 212 g/mol. The molecular formula is C10H17BO4. The minimum Gasteiger partial charge on any atom is -0.481 e.